The number of hydrogen-bond acceptors (Lipinski definition) is 5. The molecule has 0 spiro atoms. The van der Waals surface area contributed by atoms with Crippen molar-refractivity contribution in [3.63, 3.8) is 0 Å². The van der Waals surface area contributed by atoms with Crippen LogP contribution in [0.1, 0.15) is 74.2 Å². The second kappa shape index (κ2) is 15.5. The third-order valence-corrected chi connectivity index (χ3v) is 6.87. The van der Waals surface area contributed by atoms with Crippen LogP contribution in [0.4, 0.5) is 17.6 Å². The van der Waals surface area contributed by atoms with E-state index in [-0.39, 0.29) is 25.2 Å². The maximum atomic E-state index is 14.9. The molecule has 0 radical (unpaired) electrons. The first-order chi connectivity index (χ1) is 20.1. The molecule has 2 aromatic rings. The molecule has 2 unspecified atom stereocenters. The number of ether oxygens (including phenoxy) is 3. The van der Waals surface area contributed by atoms with E-state index >= 15 is 0 Å². The number of carbonyl (C=O) groups is 2. The topological polar surface area (TPSA) is 61.8 Å². The summed E-state index contributed by atoms with van der Waals surface area (Å²) in [5.74, 6) is -3.72. The quantitative estimate of drug-likeness (QED) is 0.0686. The van der Waals surface area contributed by atoms with Gasteiger partial charge < -0.3 is 14.2 Å². The van der Waals surface area contributed by atoms with E-state index in [1.807, 2.05) is 43.3 Å². The molecule has 0 saturated heterocycles. The molecule has 0 saturated carbocycles. The molecule has 2 atom stereocenters. The van der Waals surface area contributed by atoms with Gasteiger partial charge in [-0.3, -0.25) is 0 Å². The van der Waals surface area contributed by atoms with Crippen LogP contribution in [0.3, 0.4) is 0 Å². The largest absolute Gasteiger partial charge is 0.449 e. The predicted octanol–water partition coefficient (Wildman–Crippen LogP) is 8.55. The summed E-state index contributed by atoms with van der Waals surface area (Å²) in [5, 5.41) is 0. The molecule has 0 heterocycles. The van der Waals surface area contributed by atoms with E-state index in [1.54, 1.807) is 12.2 Å². The average molecular weight is 589 g/mol. The molecule has 5 nitrogen and oxygen atoms in total. The monoisotopic (exact) mass is 588 g/mol. The fourth-order valence-corrected chi connectivity index (χ4v) is 4.50. The van der Waals surface area contributed by atoms with E-state index < -0.39 is 47.6 Å². The van der Waals surface area contributed by atoms with E-state index in [0.717, 1.165) is 55.0 Å². The third-order valence-electron chi connectivity index (χ3n) is 6.87. The van der Waals surface area contributed by atoms with Crippen molar-refractivity contribution in [3.05, 3.63) is 96.4 Å². The Morgan fingerprint density at radius 2 is 1.76 bits per heavy atom. The molecule has 1 aliphatic carbocycles. The van der Waals surface area contributed by atoms with Gasteiger partial charge in [-0.1, -0.05) is 87.6 Å². The molecule has 0 fully saturated rings. The summed E-state index contributed by atoms with van der Waals surface area (Å²) in [5.41, 5.74) is -0.387. The van der Waals surface area contributed by atoms with Gasteiger partial charge in [-0.25, -0.2) is 14.0 Å². The molecule has 0 bridgehead atoms. The molecule has 0 aromatic heterocycles. The van der Waals surface area contributed by atoms with E-state index in [9.17, 15) is 27.2 Å². The second-order valence-corrected chi connectivity index (χ2v) is 10.1. The smallest absolute Gasteiger partial charge is 0.425 e. The number of hydrogen-bond donors (Lipinski definition) is 0. The van der Waals surface area contributed by atoms with Crippen molar-refractivity contribution in [2.24, 2.45) is 0 Å². The Kier molecular flexibility index (Phi) is 12.1. The van der Waals surface area contributed by atoms with Crippen LogP contribution in [0.5, 0.6) is 5.75 Å². The summed E-state index contributed by atoms with van der Waals surface area (Å²) in [4.78, 5) is 25.7. The molecule has 42 heavy (non-hydrogen) atoms. The van der Waals surface area contributed by atoms with Crippen LogP contribution in [-0.2, 0) is 14.3 Å². The summed E-state index contributed by atoms with van der Waals surface area (Å²) < 4.78 is 71.2. The van der Waals surface area contributed by atoms with E-state index in [0.29, 0.717) is 6.42 Å². The lowest BCUT2D eigenvalue weighted by atomic mass is 9.89. The van der Waals surface area contributed by atoms with Gasteiger partial charge in [0.15, 0.2) is 11.7 Å². The number of allylic oxidation sites excluding steroid dienone is 2. The van der Waals surface area contributed by atoms with Gasteiger partial charge in [-0.15, -0.1) is 6.58 Å². The Labute approximate surface area is 243 Å². The zero-order valence-electron chi connectivity index (χ0n) is 23.6. The van der Waals surface area contributed by atoms with Crippen LogP contribution in [0.25, 0.3) is 5.57 Å². The summed E-state index contributed by atoms with van der Waals surface area (Å²) in [7, 11) is 0. The first-order valence-electron chi connectivity index (χ1n) is 14.1. The van der Waals surface area contributed by atoms with Crippen LogP contribution >= 0.6 is 0 Å². The van der Waals surface area contributed by atoms with Gasteiger partial charge in [0.25, 0.3) is 0 Å². The van der Waals surface area contributed by atoms with Gasteiger partial charge in [0.05, 0.1) is 12.2 Å². The van der Waals surface area contributed by atoms with Gasteiger partial charge in [0, 0.05) is 12.5 Å². The molecule has 0 N–H and O–H groups in total. The number of esters is 2. The van der Waals surface area contributed by atoms with Crippen LogP contribution in [-0.4, -0.2) is 36.4 Å². The van der Waals surface area contributed by atoms with Crippen molar-refractivity contribution < 1.29 is 41.4 Å². The first kappa shape index (κ1) is 32.8. The number of halogens is 4. The lowest BCUT2D eigenvalue weighted by molar-refractivity contribution is -0.206. The normalized spacial score (nSPS) is 17.3. The summed E-state index contributed by atoms with van der Waals surface area (Å²) >= 11 is 0. The molecule has 2 aromatic carbocycles. The van der Waals surface area contributed by atoms with Crippen molar-refractivity contribution in [2.45, 2.75) is 76.2 Å². The number of alkyl halides is 3. The Balaban J connectivity index is 1.67. The maximum Gasteiger partial charge on any atom is 0.425 e. The standard InChI is InChI=1S/C33H36F4O5/c1-3-5-6-7-8-12-15-29(33(35,36)37)42-30(38)27-17-16-26(23-28(27)34)41-31(39)32(40-22-4-2)20-18-25(19-21-32)24-13-10-9-11-14-24/h4,9-11,13-14,16-20,23,29H,2-3,5-8,12,15,21-22H2,1H3. The highest BCUT2D eigenvalue weighted by atomic mass is 19.4. The Morgan fingerprint density at radius 1 is 1.05 bits per heavy atom. The summed E-state index contributed by atoms with van der Waals surface area (Å²) in [6, 6.07) is 12.3. The highest BCUT2D eigenvalue weighted by Crippen LogP contribution is 2.32. The second-order valence-electron chi connectivity index (χ2n) is 10.1. The van der Waals surface area contributed by atoms with Crippen molar-refractivity contribution in [1.29, 1.82) is 0 Å². The number of unbranched alkanes of at least 4 members (excludes halogenated alkanes) is 5. The fourth-order valence-electron chi connectivity index (χ4n) is 4.50. The molecule has 0 aliphatic heterocycles. The molecule has 226 valence electrons. The van der Waals surface area contributed by atoms with E-state index in [1.165, 1.54) is 6.08 Å². The molecule has 0 amide bonds. The Morgan fingerprint density at radius 3 is 2.38 bits per heavy atom. The van der Waals surface area contributed by atoms with Crippen molar-refractivity contribution in [1.82, 2.24) is 0 Å². The van der Waals surface area contributed by atoms with Crippen molar-refractivity contribution in [3.8, 4) is 5.75 Å². The number of carbonyl (C=O) groups excluding carboxylic acids is 2. The molecular formula is C33H36F4O5. The number of benzene rings is 2. The van der Waals surface area contributed by atoms with Gasteiger partial charge in [0.1, 0.15) is 11.6 Å². The van der Waals surface area contributed by atoms with Gasteiger partial charge >= 0.3 is 18.1 Å². The Hall–Kier alpha value is -3.72. The summed E-state index contributed by atoms with van der Waals surface area (Å²) in [6.45, 7) is 5.68. The fraction of sp³-hybridized carbons (Fsp3) is 0.394. The highest BCUT2D eigenvalue weighted by Gasteiger charge is 2.43. The van der Waals surface area contributed by atoms with Crippen molar-refractivity contribution >= 4 is 17.5 Å². The minimum absolute atomic E-state index is 0.0339. The molecule has 9 heteroatoms. The minimum atomic E-state index is -4.78. The zero-order valence-corrected chi connectivity index (χ0v) is 23.6. The maximum absolute atomic E-state index is 14.9. The molecular weight excluding hydrogens is 552 g/mol. The highest BCUT2D eigenvalue weighted by molar-refractivity contribution is 5.91. The number of rotatable bonds is 15. The van der Waals surface area contributed by atoms with E-state index in [2.05, 4.69) is 11.3 Å². The average Bonchev–Trinajstić information content (AvgIpc) is 2.97. The van der Waals surface area contributed by atoms with Crippen LogP contribution in [0.2, 0.25) is 0 Å². The zero-order chi connectivity index (χ0) is 30.6. The van der Waals surface area contributed by atoms with Gasteiger partial charge in [-0.2, -0.15) is 13.2 Å². The van der Waals surface area contributed by atoms with E-state index in [4.69, 9.17) is 9.47 Å². The summed E-state index contributed by atoms with van der Waals surface area (Å²) in [6.07, 6.45) is 3.73. The minimum Gasteiger partial charge on any atom is -0.449 e. The SMILES string of the molecule is C=CCOC1(C(=O)Oc2ccc(C(=O)OC(CCCCCCCC)C(F)(F)F)c(F)c2)C=CC(c2ccccc2)=CC1. The molecule has 3 rings (SSSR count). The lowest BCUT2D eigenvalue weighted by Gasteiger charge is -2.30. The third kappa shape index (κ3) is 9.14. The van der Waals surface area contributed by atoms with Crippen LogP contribution in [0.15, 0.2) is 79.4 Å². The van der Waals surface area contributed by atoms with Crippen LogP contribution in [0, 0.1) is 5.82 Å². The molecule has 1 aliphatic rings. The Bertz CT molecular complexity index is 1270. The predicted molar refractivity (Wildman–Crippen MR) is 152 cm³/mol. The van der Waals surface area contributed by atoms with Crippen molar-refractivity contribution in [2.75, 3.05) is 6.61 Å². The van der Waals surface area contributed by atoms with Gasteiger partial charge in [-0.05, 0) is 42.2 Å². The first-order valence-corrected chi connectivity index (χ1v) is 14.1. The van der Waals surface area contributed by atoms with Crippen LogP contribution < -0.4 is 4.74 Å². The lowest BCUT2D eigenvalue weighted by Crippen LogP contribution is -2.43. The van der Waals surface area contributed by atoms with Gasteiger partial charge in [0.2, 0.25) is 0 Å².